The molecule has 6 aromatic rings. The van der Waals surface area contributed by atoms with Crippen LogP contribution in [0.5, 0.6) is 0 Å². The van der Waals surface area contributed by atoms with Crippen molar-refractivity contribution in [2.45, 2.75) is 13.3 Å². The van der Waals surface area contributed by atoms with Crippen molar-refractivity contribution in [3.05, 3.63) is 96.0 Å². The molecule has 0 radical (unpaired) electrons. The third-order valence-corrected chi connectivity index (χ3v) is 8.33. The van der Waals surface area contributed by atoms with Gasteiger partial charge in [-0.1, -0.05) is 19.1 Å². The van der Waals surface area contributed by atoms with Gasteiger partial charge in [-0.05, 0) is 42.5 Å². The molecule has 10 nitrogen and oxygen atoms in total. The molecule has 3 aromatic heterocycles. The Morgan fingerprint density at radius 2 is 1.81 bits per heavy atom. The summed E-state index contributed by atoms with van der Waals surface area (Å²) in [6.45, 7) is 8.93. The number of fused-ring (bicyclic) bond motifs is 2. The minimum absolute atomic E-state index is 0.178. The van der Waals surface area contributed by atoms with E-state index in [2.05, 4.69) is 14.8 Å². The fourth-order valence-electron chi connectivity index (χ4n) is 4.82. The summed E-state index contributed by atoms with van der Waals surface area (Å²) in [6.07, 6.45) is 4.38. The largest absolute Gasteiger partial charge is 0.455 e. The Bertz CT molecular complexity index is 2200. The molecule has 0 saturated heterocycles. The lowest BCUT2D eigenvalue weighted by Gasteiger charge is -2.20. The zero-order valence-electron chi connectivity index (χ0n) is 23.2. The smallest absolute Gasteiger partial charge is 0.232 e. The molecule has 3 aromatic carbocycles. The summed E-state index contributed by atoms with van der Waals surface area (Å²) in [5.41, 5.74) is 3.81. The first-order valence-corrected chi connectivity index (χ1v) is 15.0. The first-order chi connectivity index (χ1) is 20.6. The van der Waals surface area contributed by atoms with E-state index in [1.54, 1.807) is 54.2 Å². The van der Waals surface area contributed by atoms with Crippen LogP contribution >= 0.6 is 0 Å². The Kier molecular flexibility index (Phi) is 6.74. The quantitative estimate of drug-likeness (QED) is 0.152. The van der Waals surface area contributed by atoms with Crippen LogP contribution < -0.4 is 4.31 Å². The van der Waals surface area contributed by atoms with Crippen molar-refractivity contribution in [3.63, 3.8) is 0 Å². The number of rotatable bonds is 7. The molecule has 0 atom stereocenters. The SMILES string of the molecule is [C-]#[N+]c1ccc(-n2cnc3cnc(-c4cc5c(C(=O)CC)c(-c6ccc(F)cc6)oc5cc4N(C)S(C)(=O)=O)nc32)cc1. The van der Waals surface area contributed by atoms with Crippen LogP contribution in [0.4, 0.5) is 15.8 Å². The number of hydrogen-bond acceptors (Lipinski definition) is 7. The summed E-state index contributed by atoms with van der Waals surface area (Å²) in [5, 5.41) is 0.443. The number of Topliss-reactive ketones (excluding diaryl/α,β-unsaturated/α-hetero) is 1. The highest BCUT2D eigenvalue weighted by Crippen LogP contribution is 2.41. The van der Waals surface area contributed by atoms with Crippen LogP contribution in [-0.4, -0.2) is 47.0 Å². The third-order valence-electron chi connectivity index (χ3n) is 7.14. The number of hydrogen-bond donors (Lipinski definition) is 0. The van der Waals surface area contributed by atoms with E-state index >= 15 is 0 Å². The van der Waals surface area contributed by atoms with Gasteiger partial charge in [-0.25, -0.2) is 32.6 Å². The van der Waals surface area contributed by atoms with Gasteiger partial charge < -0.3 is 4.42 Å². The number of benzene rings is 3. The predicted octanol–water partition coefficient (Wildman–Crippen LogP) is 6.57. The van der Waals surface area contributed by atoms with E-state index in [4.69, 9.17) is 16.0 Å². The Labute approximate surface area is 245 Å². The van der Waals surface area contributed by atoms with E-state index < -0.39 is 15.8 Å². The number of carbonyl (C=O) groups is 1. The number of carbonyl (C=O) groups excluding carboxylic acids is 1. The highest BCUT2D eigenvalue weighted by Gasteiger charge is 2.26. The monoisotopic (exact) mass is 594 g/mol. The molecule has 0 N–H and O–H groups in total. The van der Waals surface area contributed by atoms with Crippen LogP contribution in [0, 0.1) is 12.4 Å². The first-order valence-electron chi connectivity index (χ1n) is 13.1. The molecule has 43 heavy (non-hydrogen) atoms. The lowest BCUT2D eigenvalue weighted by molar-refractivity contribution is 0.0989. The standard InChI is InChI=1S/C31H23FN6O4S/c1-5-26(39)28-23-14-22(30-34-16-24-31(36-30)38(17-35-24)21-12-10-20(33-2)11-13-21)25(37(3)43(4,40)41)15-27(23)42-29(28)18-6-8-19(32)9-7-18/h6-17H,5H2,1,3-4H3. The van der Waals surface area contributed by atoms with Gasteiger partial charge in [0.25, 0.3) is 0 Å². The molecule has 12 heteroatoms. The summed E-state index contributed by atoms with van der Waals surface area (Å²) in [7, 11) is -2.33. The molecule has 6 rings (SSSR count). The molecule has 0 amide bonds. The number of anilines is 1. The van der Waals surface area contributed by atoms with Crippen molar-refractivity contribution >= 4 is 49.3 Å². The van der Waals surface area contributed by atoms with E-state index in [1.807, 2.05) is 0 Å². The number of aromatic nitrogens is 4. The minimum atomic E-state index is -3.74. The molecular formula is C31H23FN6O4S. The maximum atomic E-state index is 13.7. The van der Waals surface area contributed by atoms with Crippen LogP contribution in [0.1, 0.15) is 23.7 Å². The molecule has 0 bridgehead atoms. The number of halogens is 1. The molecule has 3 heterocycles. The number of sulfonamides is 1. The summed E-state index contributed by atoms with van der Waals surface area (Å²) in [4.78, 5) is 30.4. The first kappa shape index (κ1) is 27.7. The van der Waals surface area contributed by atoms with Gasteiger partial charge in [0, 0.05) is 41.7 Å². The van der Waals surface area contributed by atoms with Crippen molar-refractivity contribution in [3.8, 4) is 28.4 Å². The number of imidazole rings is 1. The lowest BCUT2D eigenvalue weighted by Crippen LogP contribution is -2.25. The van der Waals surface area contributed by atoms with Gasteiger partial charge in [0.1, 0.15) is 29.0 Å². The third kappa shape index (κ3) is 4.89. The second-order valence-corrected chi connectivity index (χ2v) is 11.8. The summed E-state index contributed by atoms with van der Waals surface area (Å²) < 4.78 is 48.1. The summed E-state index contributed by atoms with van der Waals surface area (Å²) in [5.74, 6) is -0.189. The average molecular weight is 595 g/mol. The molecule has 0 aliphatic carbocycles. The molecule has 0 aliphatic heterocycles. The zero-order chi connectivity index (χ0) is 30.5. The van der Waals surface area contributed by atoms with E-state index in [0.29, 0.717) is 38.9 Å². The van der Waals surface area contributed by atoms with Crippen LogP contribution in [0.25, 0.3) is 55.4 Å². The van der Waals surface area contributed by atoms with Gasteiger partial charge in [0.2, 0.25) is 10.0 Å². The van der Waals surface area contributed by atoms with Crippen LogP contribution in [-0.2, 0) is 10.0 Å². The van der Waals surface area contributed by atoms with Gasteiger partial charge in [-0.2, -0.15) is 0 Å². The van der Waals surface area contributed by atoms with E-state index in [0.717, 1.165) is 16.2 Å². The Hall–Kier alpha value is -5.41. The van der Waals surface area contributed by atoms with Gasteiger partial charge in [0.15, 0.2) is 22.9 Å². The van der Waals surface area contributed by atoms with Crippen LogP contribution in [0.3, 0.4) is 0 Å². The molecule has 0 saturated carbocycles. The van der Waals surface area contributed by atoms with Crippen LogP contribution in [0.15, 0.2) is 77.6 Å². The lowest BCUT2D eigenvalue weighted by atomic mass is 9.98. The molecule has 0 unspecified atom stereocenters. The molecular weight excluding hydrogens is 571 g/mol. The minimum Gasteiger partial charge on any atom is -0.455 e. The number of furan rings is 1. The van der Waals surface area contributed by atoms with Crippen molar-refractivity contribution in [2.75, 3.05) is 17.6 Å². The predicted molar refractivity (Wildman–Crippen MR) is 161 cm³/mol. The zero-order valence-corrected chi connectivity index (χ0v) is 24.1. The van der Waals surface area contributed by atoms with Crippen molar-refractivity contribution in [1.82, 2.24) is 19.5 Å². The van der Waals surface area contributed by atoms with Gasteiger partial charge >= 0.3 is 0 Å². The highest BCUT2D eigenvalue weighted by atomic mass is 32.2. The Morgan fingerprint density at radius 1 is 1.09 bits per heavy atom. The second-order valence-electron chi connectivity index (χ2n) is 9.83. The van der Waals surface area contributed by atoms with Gasteiger partial charge in [-0.3, -0.25) is 13.7 Å². The molecule has 0 spiro atoms. The van der Waals surface area contributed by atoms with E-state index in [-0.39, 0.29) is 35.1 Å². The molecule has 214 valence electrons. The van der Waals surface area contributed by atoms with Crippen molar-refractivity contribution in [1.29, 1.82) is 0 Å². The van der Waals surface area contributed by atoms with Gasteiger partial charge in [-0.15, -0.1) is 0 Å². The van der Waals surface area contributed by atoms with Crippen LogP contribution in [0.2, 0.25) is 0 Å². The summed E-state index contributed by atoms with van der Waals surface area (Å²) >= 11 is 0. The van der Waals surface area contributed by atoms with Crippen molar-refractivity contribution < 1.29 is 22.0 Å². The highest BCUT2D eigenvalue weighted by molar-refractivity contribution is 7.92. The van der Waals surface area contributed by atoms with Gasteiger partial charge in [0.05, 0.1) is 30.3 Å². The second kappa shape index (κ2) is 10.5. The van der Waals surface area contributed by atoms with Crippen molar-refractivity contribution in [2.24, 2.45) is 0 Å². The fourth-order valence-corrected chi connectivity index (χ4v) is 5.33. The fraction of sp³-hybridized carbons (Fsp3) is 0.129. The molecule has 0 aliphatic rings. The van der Waals surface area contributed by atoms with E-state index in [9.17, 15) is 17.6 Å². The number of ketones is 1. The Morgan fingerprint density at radius 3 is 2.47 bits per heavy atom. The maximum Gasteiger partial charge on any atom is 0.232 e. The normalized spacial score (nSPS) is 11.6. The average Bonchev–Trinajstić information content (AvgIpc) is 3.60. The summed E-state index contributed by atoms with van der Waals surface area (Å²) in [6, 6.07) is 15.7. The van der Waals surface area contributed by atoms with E-state index in [1.165, 1.54) is 37.5 Å². The molecule has 0 fully saturated rings. The maximum absolute atomic E-state index is 13.7. The topological polar surface area (TPSA) is 116 Å². The Balaban J connectivity index is 1.62. The number of nitrogens with zero attached hydrogens (tertiary/aromatic N) is 6.